The smallest absolute Gasteiger partial charge is 0.321 e. The third-order valence-electron chi connectivity index (χ3n) is 2.95. The second-order valence-corrected chi connectivity index (χ2v) is 6.79. The lowest BCUT2D eigenvalue weighted by molar-refractivity contribution is -0.139. The fourth-order valence-electron chi connectivity index (χ4n) is 1.98. The molecule has 6 heteroatoms. The molecule has 112 valence electrons. The minimum absolute atomic E-state index is 0.0835. The Morgan fingerprint density at radius 1 is 1.30 bits per heavy atom. The molecule has 0 heterocycles. The molecule has 0 saturated carbocycles. The van der Waals surface area contributed by atoms with Gasteiger partial charge in [0.2, 0.25) is 10.0 Å². The molecule has 0 saturated heterocycles. The fourth-order valence-corrected chi connectivity index (χ4v) is 3.49. The Balaban J connectivity index is 3.07. The molecule has 1 aromatic rings. The van der Waals surface area contributed by atoms with Crippen molar-refractivity contribution < 1.29 is 18.3 Å². The van der Waals surface area contributed by atoms with Gasteiger partial charge in [0.1, 0.15) is 6.04 Å². The Morgan fingerprint density at radius 2 is 1.90 bits per heavy atom. The normalized spacial score (nSPS) is 13.4. The molecule has 5 nitrogen and oxygen atoms in total. The highest BCUT2D eigenvalue weighted by Gasteiger charge is 2.27. The minimum atomic E-state index is -3.82. The molecule has 1 rings (SSSR count). The summed E-state index contributed by atoms with van der Waals surface area (Å²) in [6.45, 7) is 5.56. The maximum Gasteiger partial charge on any atom is 0.321 e. The van der Waals surface area contributed by atoms with E-state index in [9.17, 15) is 13.2 Å². The zero-order valence-corrected chi connectivity index (χ0v) is 12.8. The second-order valence-electron chi connectivity index (χ2n) is 5.10. The molecule has 0 amide bonds. The van der Waals surface area contributed by atoms with Crippen LogP contribution in [0.1, 0.15) is 32.8 Å². The van der Waals surface area contributed by atoms with E-state index in [-0.39, 0.29) is 17.2 Å². The van der Waals surface area contributed by atoms with Crippen molar-refractivity contribution in [3.63, 3.8) is 0 Å². The van der Waals surface area contributed by atoms with Gasteiger partial charge in [-0.15, -0.1) is 0 Å². The van der Waals surface area contributed by atoms with Crippen LogP contribution in [0.4, 0.5) is 0 Å². The molecule has 1 atom stereocenters. The van der Waals surface area contributed by atoms with Crippen molar-refractivity contribution in [1.82, 2.24) is 4.72 Å². The Hall–Kier alpha value is -1.40. The lowest BCUT2D eigenvalue weighted by Crippen LogP contribution is -2.41. The van der Waals surface area contributed by atoms with Crippen LogP contribution < -0.4 is 4.72 Å². The molecule has 0 radical (unpaired) electrons. The van der Waals surface area contributed by atoms with Crippen molar-refractivity contribution >= 4 is 16.0 Å². The van der Waals surface area contributed by atoms with Crippen LogP contribution in [0.3, 0.4) is 0 Å². The number of rotatable bonds is 7. The van der Waals surface area contributed by atoms with Gasteiger partial charge in [-0.2, -0.15) is 4.72 Å². The van der Waals surface area contributed by atoms with Crippen LogP contribution in [-0.2, 0) is 21.2 Å². The van der Waals surface area contributed by atoms with Crippen LogP contribution in [0.5, 0.6) is 0 Å². The van der Waals surface area contributed by atoms with Gasteiger partial charge in [-0.05, 0) is 30.4 Å². The predicted octanol–water partition coefficient (Wildman–Crippen LogP) is 2.03. The maximum atomic E-state index is 12.3. The highest BCUT2D eigenvalue weighted by atomic mass is 32.2. The van der Waals surface area contributed by atoms with Crippen molar-refractivity contribution in [1.29, 1.82) is 0 Å². The first-order valence-electron chi connectivity index (χ1n) is 6.61. The van der Waals surface area contributed by atoms with Crippen molar-refractivity contribution in [2.24, 2.45) is 5.92 Å². The van der Waals surface area contributed by atoms with Crippen molar-refractivity contribution in [2.75, 3.05) is 0 Å². The quantitative estimate of drug-likeness (QED) is 0.807. The third kappa shape index (κ3) is 4.31. The number of aryl methyl sites for hydroxylation is 1. The molecule has 1 aromatic carbocycles. The minimum Gasteiger partial charge on any atom is -0.480 e. The number of sulfonamides is 1. The number of hydrogen-bond acceptors (Lipinski definition) is 3. The van der Waals surface area contributed by atoms with Gasteiger partial charge in [0, 0.05) is 0 Å². The van der Waals surface area contributed by atoms with E-state index in [0.29, 0.717) is 12.0 Å². The summed E-state index contributed by atoms with van der Waals surface area (Å²) < 4.78 is 27.0. The van der Waals surface area contributed by atoms with Gasteiger partial charge < -0.3 is 5.11 Å². The van der Waals surface area contributed by atoms with E-state index in [0.717, 1.165) is 0 Å². The first-order chi connectivity index (χ1) is 9.27. The fraction of sp³-hybridized carbons (Fsp3) is 0.500. The van der Waals surface area contributed by atoms with Crippen molar-refractivity contribution in [3.8, 4) is 0 Å². The summed E-state index contributed by atoms with van der Waals surface area (Å²) in [5.74, 6) is -1.07. The van der Waals surface area contributed by atoms with Gasteiger partial charge in [-0.1, -0.05) is 39.0 Å². The van der Waals surface area contributed by atoms with E-state index in [1.54, 1.807) is 18.2 Å². The maximum absolute atomic E-state index is 12.3. The summed E-state index contributed by atoms with van der Waals surface area (Å²) in [5.41, 5.74) is 0.675. The molecule has 20 heavy (non-hydrogen) atoms. The number of benzene rings is 1. The zero-order chi connectivity index (χ0) is 15.3. The zero-order valence-electron chi connectivity index (χ0n) is 12.0. The first kappa shape index (κ1) is 16.7. The Labute approximate surface area is 120 Å². The molecule has 2 N–H and O–H groups in total. The summed E-state index contributed by atoms with van der Waals surface area (Å²) in [6.07, 6.45) is 0.821. The highest BCUT2D eigenvalue weighted by Crippen LogP contribution is 2.17. The average Bonchev–Trinajstić information content (AvgIpc) is 2.37. The molecule has 0 aromatic heterocycles. The van der Waals surface area contributed by atoms with Crippen LogP contribution >= 0.6 is 0 Å². The molecule has 0 aliphatic rings. The summed E-state index contributed by atoms with van der Waals surface area (Å²) >= 11 is 0. The van der Waals surface area contributed by atoms with Crippen LogP contribution in [-0.4, -0.2) is 25.5 Å². The number of carboxylic acids is 1. The van der Waals surface area contributed by atoms with Crippen LogP contribution in [0, 0.1) is 5.92 Å². The SMILES string of the molecule is CCc1ccccc1S(=O)(=O)NC(CC(C)C)C(=O)O. The highest BCUT2D eigenvalue weighted by molar-refractivity contribution is 7.89. The summed E-state index contributed by atoms with van der Waals surface area (Å²) in [5, 5.41) is 9.13. The van der Waals surface area contributed by atoms with Gasteiger partial charge >= 0.3 is 5.97 Å². The lowest BCUT2D eigenvalue weighted by Gasteiger charge is -2.17. The Kier molecular flexibility index (Phi) is 5.71. The third-order valence-corrected chi connectivity index (χ3v) is 4.52. The van der Waals surface area contributed by atoms with Crippen molar-refractivity contribution in [2.45, 2.75) is 44.6 Å². The van der Waals surface area contributed by atoms with E-state index in [4.69, 9.17) is 5.11 Å². The van der Waals surface area contributed by atoms with E-state index in [1.807, 2.05) is 20.8 Å². The molecule has 0 aliphatic carbocycles. The van der Waals surface area contributed by atoms with Gasteiger partial charge in [0.15, 0.2) is 0 Å². The van der Waals surface area contributed by atoms with E-state index in [2.05, 4.69) is 4.72 Å². The standard InChI is InChI=1S/C14H21NO4S/c1-4-11-7-5-6-8-13(11)20(18,19)15-12(14(16)17)9-10(2)3/h5-8,10,12,15H,4,9H2,1-3H3,(H,16,17). The van der Waals surface area contributed by atoms with Gasteiger partial charge in [-0.3, -0.25) is 4.79 Å². The molecular formula is C14H21NO4S. The number of carboxylic acid groups (broad SMARTS) is 1. The topological polar surface area (TPSA) is 83.5 Å². The summed E-state index contributed by atoms with van der Waals surface area (Å²) in [7, 11) is -3.82. The van der Waals surface area contributed by atoms with E-state index >= 15 is 0 Å². The first-order valence-corrected chi connectivity index (χ1v) is 8.09. The molecule has 0 bridgehead atoms. The molecule has 1 unspecified atom stereocenters. The number of hydrogen-bond donors (Lipinski definition) is 2. The van der Waals surface area contributed by atoms with E-state index in [1.165, 1.54) is 6.07 Å². The monoisotopic (exact) mass is 299 g/mol. The number of nitrogens with one attached hydrogen (secondary N) is 1. The summed E-state index contributed by atoms with van der Waals surface area (Å²) in [4.78, 5) is 11.3. The Bertz CT molecular complexity index is 566. The second kappa shape index (κ2) is 6.85. The van der Waals surface area contributed by atoms with Crippen LogP contribution in [0.2, 0.25) is 0 Å². The number of carbonyl (C=O) groups is 1. The van der Waals surface area contributed by atoms with Gasteiger partial charge in [0.05, 0.1) is 4.90 Å². The summed E-state index contributed by atoms with van der Waals surface area (Å²) in [6, 6.07) is 5.51. The number of aliphatic carboxylic acids is 1. The average molecular weight is 299 g/mol. The Morgan fingerprint density at radius 3 is 2.40 bits per heavy atom. The molecular weight excluding hydrogens is 278 g/mol. The van der Waals surface area contributed by atoms with Crippen LogP contribution in [0.25, 0.3) is 0 Å². The molecule has 0 fully saturated rings. The molecule has 0 spiro atoms. The van der Waals surface area contributed by atoms with Crippen molar-refractivity contribution in [3.05, 3.63) is 29.8 Å². The largest absolute Gasteiger partial charge is 0.480 e. The van der Waals surface area contributed by atoms with E-state index < -0.39 is 22.0 Å². The van der Waals surface area contributed by atoms with Crippen LogP contribution in [0.15, 0.2) is 29.2 Å². The predicted molar refractivity (Wildman–Crippen MR) is 77.0 cm³/mol. The van der Waals surface area contributed by atoms with Gasteiger partial charge in [0.25, 0.3) is 0 Å². The molecule has 0 aliphatic heterocycles. The van der Waals surface area contributed by atoms with Gasteiger partial charge in [-0.25, -0.2) is 8.42 Å². The lowest BCUT2D eigenvalue weighted by atomic mass is 10.1.